The van der Waals surface area contributed by atoms with Crippen molar-refractivity contribution in [3.05, 3.63) is 71.9 Å². The minimum Gasteiger partial charge on any atom is -0.476 e. The van der Waals surface area contributed by atoms with Crippen molar-refractivity contribution < 1.29 is 18.3 Å². The van der Waals surface area contributed by atoms with E-state index < -0.39 is 16.0 Å². The van der Waals surface area contributed by atoms with Crippen molar-refractivity contribution in [1.82, 2.24) is 14.8 Å². The number of carboxylic acid groups (broad SMARTS) is 1. The number of thiazole rings is 1. The van der Waals surface area contributed by atoms with E-state index in [4.69, 9.17) is 5.14 Å². The highest BCUT2D eigenvalue weighted by atomic mass is 32.2. The number of benzene rings is 2. The highest BCUT2D eigenvalue weighted by molar-refractivity contribution is 7.89. The maximum atomic E-state index is 11.5. The summed E-state index contributed by atoms with van der Waals surface area (Å²) in [5.41, 5.74) is 2.63. The van der Waals surface area contributed by atoms with E-state index in [0.29, 0.717) is 11.4 Å². The standard InChI is InChI=1S/C19H14N4O4S2/c20-29(26,27)15-7-5-14(6-8-15)23-17(11-16(22-23)19(24)25)12-1-3-13(4-2-12)18-21-9-10-28-18/h1-11H,(H,24,25)(H2,20,26,27). The van der Waals surface area contributed by atoms with Crippen molar-refractivity contribution in [1.29, 1.82) is 0 Å². The van der Waals surface area contributed by atoms with Crippen molar-refractivity contribution in [2.24, 2.45) is 5.14 Å². The first-order chi connectivity index (χ1) is 13.8. The van der Waals surface area contributed by atoms with E-state index in [9.17, 15) is 18.3 Å². The van der Waals surface area contributed by atoms with Crippen molar-refractivity contribution >= 4 is 27.3 Å². The van der Waals surface area contributed by atoms with Gasteiger partial charge in [-0.3, -0.25) is 0 Å². The maximum Gasteiger partial charge on any atom is 0.356 e. The van der Waals surface area contributed by atoms with Crippen LogP contribution in [0.3, 0.4) is 0 Å². The van der Waals surface area contributed by atoms with Crippen LogP contribution in [0, 0.1) is 0 Å². The second kappa shape index (κ2) is 7.24. The first-order valence-electron chi connectivity index (χ1n) is 8.30. The van der Waals surface area contributed by atoms with Crippen LogP contribution in [0.5, 0.6) is 0 Å². The Morgan fingerprint density at radius 2 is 1.69 bits per heavy atom. The third-order valence-electron chi connectivity index (χ3n) is 4.20. The van der Waals surface area contributed by atoms with E-state index in [1.165, 1.54) is 46.4 Å². The molecular weight excluding hydrogens is 412 g/mol. The third kappa shape index (κ3) is 3.81. The summed E-state index contributed by atoms with van der Waals surface area (Å²) < 4.78 is 24.4. The van der Waals surface area contributed by atoms with E-state index in [1.54, 1.807) is 6.20 Å². The fourth-order valence-corrected chi connectivity index (χ4v) is 3.97. The molecule has 0 aliphatic rings. The van der Waals surface area contributed by atoms with Crippen molar-refractivity contribution in [2.75, 3.05) is 0 Å². The predicted molar refractivity (Wildman–Crippen MR) is 108 cm³/mol. The molecule has 0 atom stereocenters. The minimum absolute atomic E-state index is 0.0405. The average molecular weight is 426 g/mol. The van der Waals surface area contributed by atoms with Crippen LogP contribution in [0.2, 0.25) is 0 Å². The number of aromatic carboxylic acids is 1. The van der Waals surface area contributed by atoms with Gasteiger partial charge in [0.15, 0.2) is 5.69 Å². The lowest BCUT2D eigenvalue weighted by molar-refractivity contribution is 0.0690. The summed E-state index contributed by atoms with van der Waals surface area (Å²) in [6, 6.07) is 14.7. The molecule has 0 amide bonds. The number of rotatable bonds is 5. The van der Waals surface area contributed by atoms with Gasteiger partial charge in [-0.25, -0.2) is 28.0 Å². The molecule has 0 saturated heterocycles. The summed E-state index contributed by atoms with van der Waals surface area (Å²) >= 11 is 1.52. The molecule has 4 rings (SSSR count). The van der Waals surface area contributed by atoms with Crippen LogP contribution >= 0.6 is 11.3 Å². The number of hydrogen-bond donors (Lipinski definition) is 2. The van der Waals surface area contributed by atoms with Gasteiger partial charge in [-0.05, 0) is 30.3 Å². The lowest BCUT2D eigenvalue weighted by Gasteiger charge is -2.09. The lowest BCUT2D eigenvalue weighted by atomic mass is 10.1. The second-order valence-electron chi connectivity index (χ2n) is 6.09. The first kappa shape index (κ1) is 19.0. The van der Waals surface area contributed by atoms with Crippen molar-refractivity contribution in [3.8, 4) is 27.5 Å². The third-order valence-corrected chi connectivity index (χ3v) is 5.95. The number of nitrogens with two attached hydrogens (primary N) is 1. The molecule has 3 N–H and O–H groups in total. The van der Waals surface area contributed by atoms with Gasteiger partial charge < -0.3 is 5.11 Å². The van der Waals surface area contributed by atoms with Gasteiger partial charge in [0.1, 0.15) is 5.01 Å². The Bertz CT molecular complexity index is 1280. The van der Waals surface area contributed by atoms with Gasteiger partial charge >= 0.3 is 5.97 Å². The minimum atomic E-state index is -3.83. The van der Waals surface area contributed by atoms with Gasteiger partial charge in [0.05, 0.1) is 16.3 Å². The Labute approximate surface area is 169 Å². The quantitative estimate of drug-likeness (QED) is 0.505. The van der Waals surface area contributed by atoms with Gasteiger partial charge in [0.25, 0.3) is 0 Å². The SMILES string of the molecule is NS(=O)(=O)c1ccc(-n2nc(C(=O)O)cc2-c2ccc(-c3nccs3)cc2)cc1. The summed E-state index contributed by atoms with van der Waals surface area (Å²) in [7, 11) is -3.83. The van der Waals surface area contributed by atoms with Crippen molar-refractivity contribution in [3.63, 3.8) is 0 Å². The molecule has 2 aromatic carbocycles. The molecule has 4 aromatic rings. The molecule has 146 valence electrons. The van der Waals surface area contributed by atoms with E-state index in [0.717, 1.165) is 16.1 Å². The smallest absolute Gasteiger partial charge is 0.356 e. The van der Waals surface area contributed by atoms with Gasteiger partial charge in [0.2, 0.25) is 10.0 Å². The Hall–Kier alpha value is -3.34. The molecule has 2 aromatic heterocycles. The molecule has 0 saturated carbocycles. The second-order valence-corrected chi connectivity index (χ2v) is 8.54. The van der Waals surface area contributed by atoms with Gasteiger partial charge in [-0.1, -0.05) is 24.3 Å². The number of carbonyl (C=O) groups is 1. The monoisotopic (exact) mass is 426 g/mol. The first-order valence-corrected chi connectivity index (χ1v) is 10.7. The molecule has 0 aliphatic carbocycles. The zero-order chi connectivity index (χ0) is 20.6. The highest BCUT2D eigenvalue weighted by Gasteiger charge is 2.17. The molecule has 0 radical (unpaired) electrons. The number of hydrogen-bond acceptors (Lipinski definition) is 6. The van der Waals surface area contributed by atoms with E-state index in [-0.39, 0.29) is 10.6 Å². The molecule has 0 fully saturated rings. The van der Waals surface area contributed by atoms with E-state index in [1.807, 2.05) is 29.6 Å². The van der Waals surface area contributed by atoms with Gasteiger partial charge in [0, 0.05) is 22.7 Å². The molecular formula is C19H14N4O4S2. The summed E-state index contributed by atoms with van der Waals surface area (Å²) in [5.74, 6) is -1.16. The number of nitrogens with zero attached hydrogens (tertiary/aromatic N) is 3. The maximum absolute atomic E-state index is 11.5. The fraction of sp³-hybridized carbons (Fsp3) is 0. The Morgan fingerprint density at radius 1 is 1.03 bits per heavy atom. The van der Waals surface area contributed by atoms with Crippen LogP contribution in [0.4, 0.5) is 0 Å². The Balaban J connectivity index is 1.78. The summed E-state index contributed by atoms with van der Waals surface area (Å²) in [4.78, 5) is 15.7. The topological polar surface area (TPSA) is 128 Å². The van der Waals surface area contributed by atoms with Crippen LogP contribution in [0.15, 0.2) is 71.1 Å². The summed E-state index contributed by atoms with van der Waals surface area (Å²) in [5, 5.41) is 21.4. The zero-order valence-electron chi connectivity index (χ0n) is 14.8. The number of primary sulfonamides is 1. The molecule has 2 heterocycles. The number of aromatic nitrogens is 3. The largest absolute Gasteiger partial charge is 0.476 e. The zero-order valence-corrected chi connectivity index (χ0v) is 16.4. The number of carboxylic acids is 1. The van der Waals surface area contributed by atoms with E-state index in [2.05, 4.69) is 10.1 Å². The van der Waals surface area contributed by atoms with Crippen LogP contribution in [0.25, 0.3) is 27.5 Å². The van der Waals surface area contributed by atoms with Crippen LogP contribution in [0.1, 0.15) is 10.5 Å². The van der Waals surface area contributed by atoms with E-state index >= 15 is 0 Å². The van der Waals surface area contributed by atoms with Crippen LogP contribution in [-0.2, 0) is 10.0 Å². The molecule has 10 heteroatoms. The molecule has 0 spiro atoms. The molecule has 8 nitrogen and oxygen atoms in total. The highest BCUT2D eigenvalue weighted by Crippen LogP contribution is 2.28. The van der Waals surface area contributed by atoms with Gasteiger partial charge in [-0.15, -0.1) is 11.3 Å². The summed E-state index contributed by atoms with van der Waals surface area (Å²) in [6.45, 7) is 0. The Morgan fingerprint density at radius 3 is 2.24 bits per heavy atom. The van der Waals surface area contributed by atoms with Crippen LogP contribution < -0.4 is 5.14 Å². The summed E-state index contributed by atoms with van der Waals surface area (Å²) in [6.07, 6.45) is 1.73. The number of sulfonamides is 1. The van der Waals surface area contributed by atoms with Gasteiger partial charge in [-0.2, -0.15) is 5.10 Å². The average Bonchev–Trinajstić information content (AvgIpc) is 3.38. The Kier molecular flexibility index (Phi) is 4.74. The molecule has 0 aliphatic heterocycles. The predicted octanol–water partition coefficient (Wildman–Crippen LogP) is 3.01. The van der Waals surface area contributed by atoms with Crippen molar-refractivity contribution in [2.45, 2.75) is 4.90 Å². The molecule has 0 unspecified atom stereocenters. The lowest BCUT2D eigenvalue weighted by Crippen LogP contribution is -2.12. The fourth-order valence-electron chi connectivity index (χ4n) is 2.81. The normalized spacial score (nSPS) is 11.5. The molecule has 29 heavy (non-hydrogen) atoms. The van der Waals surface area contributed by atoms with Crippen LogP contribution in [-0.4, -0.2) is 34.3 Å². The molecule has 0 bridgehead atoms.